The number of hydrogen-bond donors (Lipinski definition) is 0. The standard InChI is InChI=1S/C19H27N3O2/c1-4-16(19(23)24-3)22-17-11-6-5-10-15(17)20-18(22)13-21-12-8-7-9-14(21)2/h5-6,10-11,14,16H,4,7-9,12-13H2,1-3H3. The number of para-hydroxylation sites is 2. The smallest absolute Gasteiger partial charge is 0.328 e. The molecule has 3 rings (SSSR count). The van der Waals surface area contributed by atoms with Crippen molar-refractivity contribution in [3.05, 3.63) is 30.1 Å². The molecule has 0 bridgehead atoms. The number of likely N-dealkylation sites (tertiary alicyclic amines) is 1. The van der Waals surface area contributed by atoms with Gasteiger partial charge < -0.3 is 9.30 Å². The Morgan fingerprint density at radius 2 is 2.17 bits per heavy atom. The van der Waals surface area contributed by atoms with Crippen molar-refractivity contribution in [1.82, 2.24) is 14.5 Å². The molecule has 1 aliphatic heterocycles. The van der Waals surface area contributed by atoms with Gasteiger partial charge >= 0.3 is 5.97 Å². The van der Waals surface area contributed by atoms with Crippen LogP contribution in [0.1, 0.15) is 51.4 Å². The molecule has 1 saturated heterocycles. The number of piperidine rings is 1. The number of hydrogen-bond acceptors (Lipinski definition) is 4. The zero-order valence-corrected chi connectivity index (χ0v) is 14.9. The first-order valence-corrected chi connectivity index (χ1v) is 8.93. The minimum absolute atomic E-state index is 0.200. The highest BCUT2D eigenvalue weighted by Gasteiger charge is 2.27. The summed E-state index contributed by atoms with van der Waals surface area (Å²) < 4.78 is 7.13. The second-order valence-corrected chi connectivity index (χ2v) is 6.65. The van der Waals surface area contributed by atoms with Gasteiger partial charge in [-0.05, 0) is 44.9 Å². The summed E-state index contributed by atoms with van der Waals surface area (Å²) >= 11 is 0. The summed E-state index contributed by atoms with van der Waals surface area (Å²) in [5.74, 6) is 0.760. The lowest BCUT2D eigenvalue weighted by atomic mass is 10.0. The summed E-state index contributed by atoms with van der Waals surface area (Å²) in [4.78, 5) is 19.6. The summed E-state index contributed by atoms with van der Waals surface area (Å²) in [5.41, 5.74) is 1.95. The fourth-order valence-corrected chi connectivity index (χ4v) is 3.72. The van der Waals surface area contributed by atoms with Crippen LogP contribution in [0.2, 0.25) is 0 Å². The average Bonchev–Trinajstić information content (AvgIpc) is 2.96. The fraction of sp³-hybridized carbons (Fsp3) is 0.579. The van der Waals surface area contributed by atoms with Gasteiger partial charge in [0, 0.05) is 6.04 Å². The molecule has 1 aliphatic rings. The third-order valence-electron chi connectivity index (χ3n) is 5.13. The molecule has 5 heteroatoms. The Morgan fingerprint density at radius 1 is 1.38 bits per heavy atom. The predicted molar refractivity (Wildman–Crippen MR) is 94.8 cm³/mol. The molecule has 5 nitrogen and oxygen atoms in total. The number of esters is 1. The molecule has 0 N–H and O–H groups in total. The lowest BCUT2D eigenvalue weighted by molar-refractivity contribution is -0.144. The molecule has 0 amide bonds. The van der Waals surface area contributed by atoms with Crippen molar-refractivity contribution in [2.24, 2.45) is 0 Å². The van der Waals surface area contributed by atoms with Gasteiger partial charge in [-0.2, -0.15) is 0 Å². The number of fused-ring (bicyclic) bond motifs is 1. The highest BCUT2D eigenvalue weighted by Crippen LogP contribution is 2.27. The lowest BCUT2D eigenvalue weighted by Gasteiger charge is -2.33. The van der Waals surface area contributed by atoms with Crippen molar-refractivity contribution >= 4 is 17.0 Å². The quantitative estimate of drug-likeness (QED) is 0.787. The molecule has 0 saturated carbocycles. The Labute approximate surface area is 143 Å². The minimum atomic E-state index is -0.322. The van der Waals surface area contributed by atoms with Crippen molar-refractivity contribution in [2.75, 3.05) is 13.7 Å². The van der Waals surface area contributed by atoms with Crippen LogP contribution in [-0.2, 0) is 16.1 Å². The monoisotopic (exact) mass is 329 g/mol. The van der Waals surface area contributed by atoms with E-state index in [0.29, 0.717) is 12.5 Å². The second kappa shape index (κ2) is 7.34. The molecular weight excluding hydrogens is 302 g/mol. The van der Waals surface area contributed by atoms with Crippen LogP contribution < -0.4 is 0 Å². The van der Waals surface area contributed by atoms with Crippen LogP contribution in [0.4, 0.5) is 0 Å². The lowest BCUT2D eigenvalue weighted by Crippen LogP contribution is -2.38. The average molecular weight is 329 g/mol. The van der Waals surface area contributed by atoms with Crippen molar-refractivity contribution in [2.45, 2.75) is 58.2 Å². The maximum atomic E-state index is 12.3. The largest absolute Gasteiger partial charge is 0.467 e. The summed E-state index contributed by atoms with van der Waals surface area (Å²) in [6.07, 6.45) is 4.45. The maximum Gasteiger partial charge on any atom is 0.328 e. The molecule has 24 heavy (non-hydrogen) atoms. The molecule has 1 aromatic carbocycles. The molecule has 2 atom stereocenters. The molecule has 0 aliphatic carbocycles. The number of nitrogens with zero attached hydrogens (tertiary/aromatic N) is 3. The van der Waals surface area contributed by atoms with Crippen LogP contribution in [0.15, 0.2) is 24.3 Å². The SMILES string of the molecule is CCC(C(=O)OC)n1c(CN2CCCCC2C)nc2ccccc21. The molecule has 2 heterocycles. The number of imidazole rings is 1. The fourth-order valence-electron chi connectivity index (χ4n) is 3.72. The first kappa shape index (κ1) is 17.0. The van der Waals surface area contributed by atoms with Gasteiger partial charge in [-0.1, -0.05) is 25.5 Å². The molecule has 1 fully saturated rings. The molecule has 2 aromatic rings. The van der Waals surface area contributed by atoms with E-state index in [4.69, 9.17) is 9.72 Å². The Hall–Kier alpha value is -1.88. The third kappa shape index (κ3) is 3.18. The van der Waals surface area contributed by atoms with E-state index in [1.165, 1.54) is 26.4 Å². The van der Waals surface area contributed by atoms with E-state index >= 15 is 0 Å². The van der Waals surface area contributed by atoms with Crippen LogP contribution in [0.3, 0.4) is 0 Å². The van der Waals surface area contributed by atoms with Crippen molar-refractivity contribution in [3.8, 4) is 0 Å². The van der Waals surface area contributed by atoms with Crippen LogP contribution in [0.25, 0.3) is 11.0 Å². The van der Waals surface area contributed by atoms with E-state index in [1.54, 1.807) is 0 Å². The van der Waals surface area contributed by atoms with Crippen molar-refractivity contribution < 1.29 is 9.53 Å². The summed E-state index contributed by atoms with van der Waals surface area (Å²) in [5, 5.41) is 0. The van der Waals surface area contributed by atoms with Crippen LogP contribution in [0, 0.1) is 0 Å². The minimum Gasteiger partial charge on any atom is -0.467 e. The molecule has 0 spiro atoms. The van der Waals surface area contributed by atoms with Crippen molar-refractivity contribution in [3.63, 3.8) is 0 Å². The number of rotatable bonds is 5. The molecule has 1 aromatic heterocycles. The van der Waals surface area contributed by atoms with Gasteiger partial charge in [-0.15, -0.1) is 0 Å². The Bertz CT molecular complexity index is 710. The molecule has 2 unspecified atom stereocenters. The van der Waals surface area contributed by atoms with E-state index in [-0.39, 0.29) is 12.0 Å². The zero-order valence-electron chi connectivity index (χ0n) is 14.9. The van der Waals surface area contributed by atoms with Crippen LogP contribution >= 0.6 is 0 Å². The highest BCUT2D eigenvalue weighted by atomic mass is 16.5. The highest BCUT2D eigenvalue weighted by molar-refractivity contribution is 5.81. The van der Waals surface area contributed by atoms with Gasteiger partial charge in [0.25, 0.3) is 0 Å². The van der Waals surface area contributed by atoms with Crippen LogP contribution in [0.5, 0.6) is 0 Å². The second-order valence-electron chi connectivity index (χ2n) is 6.65. The van der Waals surface area contributed by atoms with Gasteiger partial charge in [0.1, 0.15) is 11.9 Å². The molecule has 130 valence electrons. The van der Waals surface area contributed by atoms with Crippen LogP contribution in [-0.4, -0.2) is 40.1 Å². The van der Waals surface area contributed by atoms with E-state index in [9.17, 15) is 4.79 Å². The number of carbonyl (C=O) groups excluding carboxylic acids is 1. The van der Waals surface area contributed by atoms with Gasteiger partial charge in [0.05, 0.1) is 24.7 Å². The predicted octanol–water partition coefficient (Wildman–Crippen LogP) is 3.53. The zero-order chi connectivity index (χ0) is 17.1. The third-order valence-corrected chi connectivity index (χ3v) is 5.13. The van der Waals surface area contributed by atoms with E-state index in [0.717, 1.165) is 29.9 Å². The van der Waals surface area contributed by atoms with Gasteiger partial charge in [-0.3, -0.25) is 4.90 Å². The molecular formula is C19H27N3O2. The van der Waals surface area contributed by atoms with Gasteiger partial charge in [-0.25, -0.2) is 9.78 Å². The maximum absolute atomic E-state index is 12.3. The van der Waals surface area contributed by atoms with E-state index in [2.05, 4.69) is 16.4 Å². The first-order chi connectivity index (χ1) is 11.7. The van der Waals surface area contributed by atoms with Crippen molar-refractivity contribution in [1.29, 1.82) is 0 Å². The first-order valence-electron chi connectivity index (χ1n) is 8.93. The number of benzene rings is 1. The Kier molecular flexibility index (Phi) is 5.19. The summed E-state index contributed by atoms with van der Waals surface area (Å²) in [6, 6.07) is 8.28. The van der Waals surface area contributed by atoms with E-state index < -0.39 is 0 Å². The van der Waals surface area contributed by atoms with Gasteiger partial charge in [0.2, 0.25) is 0 Å². The summed E-state index contributed by atoms with van der Waals surface area (Å²) in [7, 11) is 1.45. The molecule has 0 radical (unpaired) electrons. The van der Waals surface area contributed by atoms with E-state index in [1.807, 2.05) is 31.2 Å². The summed E-state index contributed by atoms with van der Waals surface area (Å²) in [6.45, 7) is 6.18. The number of aromatic nitrogens is 2. The Balaban J connectivity index is 2.02. The number of methoxy groups -OCH3 is 1. The topological polar surface area (TPSA) is 47.4 Å². The number of ether oxygens (including phenoxy) is 1. The van der Waals surface area contributed by atoms with Gasteiger partial charge in [0.15, 0.2) is 0 Å². The Morgan fingerprint density at radius 3 is 2.88 bits per heavy atom. The normalized spacial score (nSPS) is 20.2. The number of carbonyl (C=O) groups is 1.